The van der Waals surface area contributed by atoms with Gasteiger partial charge in [0.15, 0.2) is 0 Å². The number of hydrogen-bond acceptors (Lipinski definition) is 4. The van der Waals surface area contributed by atoms with Gasteiger partial charge in [-0.2, -0.15) is 0 Å². The first-order chi connectivity index (χ1) is 10.1. The van der Waals surface area contributed by atoms with Crippen LogP contribution in [0.1, 0.15) is 12.5 Å². The quantitative estimate of drug-likeness (QED) is 0.640. The van der Waals surface area contributed by atoms with Gasteiger partial charge in [0.2, 0.25) is 0 Å². The fourth-order valence-corrected chi connectivity index (χ4v) is 2.07. The van der Waals surface area contributed by atoms with Crippen LogP contribution in [-0.4, -0.2) is 11.5 Å². The molecule has 0 aliphatic rings. The van der Waals surface area contributed by atoms with Crippen molar-refractivity contribution >= 4 is 23.0 Å². The number of anilines is 1. The second kappa shape index (κ2) is 6.95. The Balaban J connectivity index is 2.13. The average Bonchev–Trinajstić information content (AvgIpc) is 2.45. The van der Waals surface area contributed by atoms with Crippen molar-refractivity contribution in [3.05, 3.63) is 63.2 Å². The van der Waals surface area contributed by atoms with E-state index in [1.165, 1.54) is 6.07 Å². The number of halogens is 1. The van der Waals surface area contributed by atoms with Gasteiger partial charge in [0.25, 0.3) is 5.69 Å². The van der Waals surface area contributed by atoms with Crippen LogP contribution < -0.4 is 10.1 Å². The molecule has 0 atom stereocenters. The largest absolute Gasteiger partial charge is 0.489 e. The van der Waals surface area contributed by atoms with Crippen LogP contribution in [0.3, 0.4) is 0 Å². The number of benzene rings is 2. The number of ether oxygens (including phenoxy) is 1. The Hall–Kier alpha value is -2.27. The minimum absolute atomic E-state index is 0.0587. The summed E-state index contributed by atoms with van der Waals surface area (Å²) in [5.41, 5.74) is 1.40. The molecule has 0 aliphatic heterocycles. The average molecular weight is 307 g/mol. The molecule has 0 amide bonds. The Morgan fingerprint density at radius 1 is 1.29 bits per heavy atom. The molecule has 0 saturated heterocycles. The van der Waals surface area contributed by atoms with Crippen LogP contribution in [-0.2, 0) is 6.61 Å². The first-order valence-corrected chi connectivity index (χ1v) is 6.87. The first kappa shape index (κ1) is 15.1. The lowest BCUT2D eigenvalue weighted by atomic mass is 10.2. The number of nitro groups is 1. The van der Waals surface area contributed by atoms with Gasteiger partial charge in [0.05, 0.1) is 4.92 Å². The lowest BCUT2D eigenvalue weighted by molar-refractivity contribution is -0.384. The van der Waals surface area contributed by atoms with E-state index in [4.69, 9.17) is 16.3 Å². The highest BCUT2D eigenvalue weighted by Gasteiger charge is 2.13. The molecule has 2 rings (SSSR count). The molecular weight excluding hydrogens is 292 g/mol. The summed E-state index contributed by atoms with van der Waals surface area (Å²) in [5, 5.41) is 14.5. The lowest BCUT2D eigenvalue weighted by Gasteiger charge is -2.09. The van der Waals surface area contributed by atoms with E-state index in [0.29, 0.717) is 29.6 Å². The topological polar surface area (TPSA) is 64.4 Å². The van der Waals surface area contributed by atoms with Gasteiger partial charge in [-0.25, -0.2) is 0 Å². The van der Waals surface area contributed by atoms with E-state index >= 15 is 0 Å². The van der Waals surface area contributed by atoms with Crippen molar-refractivity contribution in [2.45, 2.75) is 13.5 Å². The van der Waals surface area contributed by atoms with Crippen LogP contribution in [0, 0.1) is 10.1 Å². The summed E-state index contributed by atoms with van der Waals surface area (Å²) in [6.07, 6.45) is 0. The summed E-state index contributed by atoms with van der Waals surface area (Å²) < 4.78 is 5.62. The van der Waals surface area contributed by atoms with Gasteiger partial charge in [-0.3, -0.25) is 10.1 Å². The molecule has 1 N–H and O–H groups in total. The summed E-state index contributed by atoms with van der Waals surface area (Å²) in [5.74, 6) is 0.658. The molecule has 0 saturated carbocycles. The molecule has 0 spiro atoms. The fraction of sp³-hybridized carbons (Fsp3) is 0.200. The number of nitrogens with zero attached hydrogens (tertiary/aromatic N) is 1. The van der Waals surface area contributed by atoms with Gasteiger partial charge in [-0.15, -0.1) is 0 Å². The van der Waals surface area contributed by atoms with Crippen molar-refractivity contribution in [1.82, 2.24) is 0 Å². The zero-order chi connectivity index (χ0) is 15.2. The van der Waals surface area contributed by atoms with Crippen molar-refractivity contribution in [2.24, 2.45) is 0 Å². The molecule has 0 bridgehead atoms. The van der Waals surface area contributed by atoms with Crippen molar-refractivity contribution in [3.63, 3.8) is 0 Å². The Labute approximate surface area is 127 Å². The van der Waals surface area contributed by atoms with E-state index in [2.05, 4.69) is 5.32 Å². The maximum absolute atomic E-state index is 10.9. The fourth-order valence-electron chi connectivity index (χ4n) is 1.89. The van der Waals surface area contributed by atoms with Gasteiger partial charge in [-0.1, -0.05) is 17.7 Å². The summed E-state index contributed by atoms with van der Waals surface area (Å²) >= 11 is 5.88. The van der Waals surface area contributed by atoms with E-state index in [1.54, 1.807) is 30.3 Å². The van der Waals surface area contributed by atoms with E-state index in [1.807, 2.05) is 13.0 Å². The molecule has 0 unspecified atom stereocenters. The SMILES string of the molecule is CCNc1cc(COc2cccc(Cl)c2)ccc1[N+](=O)[O-]. The molecule has 2 aromatic carbocycles. The van der Waals surface area contributed by atoms with Gasteiger partial charge in [0, 0.05) is 17.6 Å². The second-order valence-corrected chi connectivity index (χ2v) is 4.82. The van der Waals surface area contributed by atoms with E-state index < -0.39 is 4.92 Å². The maximum Gasteiger partial charge on any atom is 0.292 e. The molecule has 0 radical (unpaired) electrons. The van der Waals surface area contributed by atoms with Gasteiger partial charge in [0.1, 0.15) is 18.0 Å². The minimum Gasteiger partial charge on any atom is -0.489 e. The molecule has 5 nitrogen and oxygen atoms in total. The van der Waals surface area contributed by atoms with Crippen molar-refractivity contribution in [2.75, 3.05) is 11.9 Å². The Kier molecular flexibility index (Phi) is 5.00. The minimum atomic E-state index is -0.403. The molecule has 21 heavy (non-hydrogen) atoms. The second-order valence-electron chi connectivity index (χ2n) is 4.38. The molecule has 0 heterocycles. The van der Waals surface area contributed by atoms with Gasteiger partial charge < -0.3 is 10.1 Å². The van der Waals surface area contributed by atoms with Crippen molar-refractivity contribution in [1.29, 1.82) is 0 Å². The van der Waals surface area contributed by atoms with Crippen LogP contribution in [0.4, 0.5) is 11.4 Å². The monoisotopic (exact) mass is 306 g/mol. The summed E-state index contributed by atoms with van der Waals surface area (Å²) in [4.78, 5) is 10.5. The van der Waals surface area contributed by atoms with Gasteiger partial charge >= 0.3 is 0 Å². The zero-order valence-electron chi connectivity index (χ0n) is 11.5. The van der Waals surface area contributed by atoms with E-state index in [9.17, 15) is 10.1 Å². The molecule has 6 heteroatoms. The predicted molar refractivity (Wildman–Crippen MR) is 83.0 cm³/mol. The predicted octanol–water partition coefficient (Wildman–Crippen LogP) is 4.26. The molecule has 2 aromatic rings. The first-order valence-electron chi connectivity index (χ1n) is 6.49. The standard InChI is InChI=1S/C15H15ClN2O3/c1-2-17-14-8-11(6-7-15(14)18(19)20)10-21-13-5-3-4-12(16)9-13/h3-9,17H,2,10H2,1H3. The number of rotatable bonds is 6. The summed E-state index contributed by atoms with van der Waals surface area (Å²) in [6.45, 7) is 2.81. The third-order valence-electron chi connectivity index (χ3n) is 2.83. The van der Waals surface area contributed by atoms with Crippen LogP contribution in [0.25, 0.3) is 0 Å². The number of hydrogen-bond donors (Lipinski definition) is 1. The highest BCUT2D eigenvalue weighted by molar-refractivity contribution is 6.30. The van der Waals surface area contributed by atoms with Crippen LogP contribution in [0.15, 0.2) is 42.5 Å². The summed E-state index contributed by atoms with van der Waals surface area (Å²) in [7, 11) is 0. The summed E-state index contributed by atoms with van der Waals surface area (Å²) in [6, 6.07) is 12.0. The van der Waals surface area contributed by atoms with Crippen molar-refractivity contribution in [3.8, 4) is 5.75 Å². The molecular formula is C15H15ClN2O3. The molecule has 0 aliphatic carbocycles. The molecule has 0 fully saturated rings. The van der Waals surface area contributed by atoms with E-state index in [0.717, 1.165) is 5.56 Å². The lowest BCUT2D eigenvalue weighted by Crippen LogP contribution is -2.03. The Morgan fingerprint density at radius 2 is 2.10 bits per heavy atom. The smallest absolute Gasteiger partial charge is 0.292 e. The van der Waals surface area contributed by atoms with Crippen LogP contribution in [0.5, 0.6) is 5.75 Å². The van der Waals surface area contributed by atoms with Gasteiger partial charge in [-0.05, 0) is 42.8 Å². The normalized spacial score (nSPS) is 10.2. The van der Waals surface area contributed by atoms with E-state index in [-0.39, 0.29) is 5.69 Å². The maximum atomic E-state index is 10.9. The number of nitrogens with one attached hydrogen (secondary N) is 1. The van der Waals surface area contributed by atoms with Crippen molar-refractivity contribution < 1.29 is 9.66 Å². The Morgan fingerprint density at radius 3 is 2.76 bits per heavy atom. The Bertz CT molecular complexity index is 647. The zero-order valence-corrected chi connectivity index (χ0v) is 12.3. The van der Waals surface area contributed by atoms with Crippen LogP contribution >= 0.6 is 11.6 Å². The molecule has 110 valence electrons. The third-order valence-corrected chi connectivity index (χ3v) is 3.06. The highest BCUT2D eigenvalue weighted by Crippen LogP contribution is 2.26. The number of nitro benzene ring substituents is 1. The van der Waals surface area contributed by atoms with Crippen LogP contribution in [0.2, 0.25) is 5.02 Å². The third kappa shape index (κ3) is 4.10. The molecule has 0 aromatic heterocycles. The highest BCUT2D eigenvalue weighted by atomic mass is 35.5.